The number of alkyl halides is 3. The van der Waals surface area contributed by atoms with Crippen molar-refractivity contribution in [2.75, 3.05) is 12.3 Å². The Kier molecular flexibility index (Phi) is 6.86. The van der Waals surface area contributed by atoms with Crippen LogP contribution in [0.5, 0.6) is 0 Å². The van der Waals surface area contributed by atoms with E-state index in [0.29, 0.717) is 21.9 Å². The van der Waals surface area contributed by atoms with Gasteiger partial charge in [-0.2, -0.15) is 13.2 Å². The van der Waals surface area contributed by atoms with Gasteiger partial charge in [0, 0.05) is 18.0 Å². The van der Waals surface area contributed by atoms with E-state index in [0.717, 1.165) is 17.0 Å². The van der Waals surface area contributed by atoms with Crippen LogP contribution >= 0.6 is 11.6 Å². The van der Waals surface area contributed by atoms with Gasteiger partial charge in [0.15, 0.2) is 0 Å². The summed E-state index contributed by atoms with van der Waals surface area (Å²) in [5.74, 6) is -2.85. The summed E-state index contributed by atoms with van der Waals surface area (Å²) in [6, 6.07) is 7.30. The number of carbonyl (C=O) groups is 2. The van der Waals surface area contributed by atoms with Crippen molar-refractivity contribution in [1.29, 1.82) is 0 Å². The molecule has 0 radical (unpaired) electrons. The molecule has 3 atom stereocenters. The lowest BCUT2D eigenvalue weighted by Crippen LogP contribution is -2.52. The third-order valence-corrected chi connectivity index (χ3v) is 7.74. The van der Waals surface area contributed by atoms with E-state index in [1.807, 2.05) is 0 Å². The Morgan fingerprint density at radius 1 is 1.23 bits per heavy atom. The van der Waals surface area contributed by atoms with Crippen molar-refractivity contribution in [1.82, 2.24) is 19.4 Å². The van der Waals surface area contributed by atoms with Gasteiger partial charge in [0.1, 0.15) is 0 Å². The summed E-state index contributed by atoms with van der Waals surface area (Å²) in [6.07, 6.45) is -4.99. The van der Waals surface area contributed by atoms with E-state index in [1.165, 1.54) is 10.8 Å². The number of hydrogen-bond acceptors (Lipinski definition) is 5. The first-order valence-corrected chi connectivity index (χ1v) is 12.6. The Balaban J connectivity index is 1.54. The summed E-state index contributed by atoms with van der Waals surface area (Å²) in [5, 5.41) is 20.3. The van der Waals surface area contributed by atoms with Gasteiger partial charge in [-0.3, -0.25) is 14.3 Å². The van der Waals surface area contributed by atoms with Crippen LogP contribution in [0, 0.1) is 5.92 Å². The lowest BCUT2D eigenvalue weighted by Gasteiger charge is -2.41. The zero-order valence-electron chi connectivity index (χ0n) is 20.7. The molecule has 4 aromatic rings. The van der Waals surface area contributed by atoms with E-state index in [1.54, 1.807) is 24.3 Å². The first kappa shape index (κ1) is 27.3. The molecule has 1 amide bonds. The van der Waals surface area contributed by atoms with Crippen LogP contribution in [0.3, 0.4) is 0 Å². The third kappa shape index (κ3) is 4.81. The van der Waals surface area contributed by atoms with Crippen molar-refractivity contribution in [2.45, 2.75) is 37.5 Å². The number of nitrogen functional groups attached to an aromatic ring is 1. The number of nitrogens with zero attached hydrogens (tertiary/aromatic N) is 3. The molecular weight excluding hydrogens is 555 g/mol. The molecule has 1 aliphatic heterocycles. The number of aromatic nitrogens is 3. The molecule has 5 rings (SSSR count). The van der Waals surface area contributed by atoms with Gasteiger partial charge in [0.25, 0.3) is 0 Å². The number of carboxylic acid groups (broad SMARTS) is 2. The molecule has 10 nitrogen and oxygen atoms in total. The largest absolute Gasteiger partial charge is 0.481 e. The fraction of sp³-hybridized carbons (Fsp3) is 0.308. The van der Waals surface area contributed by atoms with Crippen LogP contribution in [-0.2, 0) is 17.4 Å². The molecule has 3 heterocycles. The Morgan fingerprint density at radius 3 is 2.62 bits per heavy atom. The van der Waals surface area contributed by atoms with Gasteiger partial charge < -0.3 is 25.8 Å². The van der Waals surface area contributed by atoms with Crippen LogP contribution in [0.15, 0.2) is 47.4 Å². The standard InChI is InChI=1S/C26H23ClF3N5O5/c27-17-9-12(8-16(21(17)31)26(28,29)30)7-15(23(36)37)19-10-13(5-6-34(19)25(39)40)35-20-11-32-18-4-2-1-3-14(18)22(20)33-24(35)38/h1-4,8-9,11,13,15,19H,5-7,10,31H2,(H,33,38)(H,36,37)(H,39,40)/t13?,15?,19-/m1/s1. The number of nitrogens with one attached hydrogen (secondary N) is 1. The van der Waals surface area contributed by atoms with E-state index in [-0.39, 0.29) is 24.9 Å². The number of carboxylic acids is 1. The van der Waals surface area contributed by atoms with Gasteiger partial charge in [-0.15, -0.1) is 0 Å². The number of anilines is 1. The molecule has 5 N–H and O–H groups in total. The predicted octanol–water partition coefficient (Wildman–Crippen LogP) is 4.76. The zero-order valence-corrected chi connectivity index (χ0v) is 21.4. The third-order valence-electron chi connectivity index (χ3n) is 7.43. The van der Waals surface area contributed by atoms with Gasteiger partial charge in [-0.1, -0.05) is 29.8 Å². The molecule has 2 aromatic heterocycles. The maximum atomic E-state index is 13.5. The first-order chi connectivity index (χ1) is 18.9. The molecule has 0 bridgehead atoms. The minimum atomic E-state index is -4.83. The van der Waals surface area contributed by atoms with Crippen LogP contribution in [0.1, 0.15) is 30.0 Å². The van der Waals surface area contributed by atoms with E-state index in [2.05, 4.69) is 9.97 Å². The second kappa shape index (κ2) is 10.0. The number of imidazole rings is 1. The second-order valence-corrected chi connectivity index (χ2v) is 10.1. The van der Waals surface area contributed by atoms with Crippen LogP contribution in [-0.4, -0.2) is 54.3 Å². The van der Waals surface area contributed by atoms with Crippen molar-refractivity contribution < 1.29 is 33.0 Å². The number of amides is 1. The van der Waals surface area contributed by atoms with Crippen molar-refractivity contribution >= 4 is 51.3 Å². The number of likely N-dealkylation sites (tertiary alicyclic amines) is 1. The molecule has 1 saturated heterocycles. The number of H-pyrrole nitrogens is 1. The van der Waals surface area contributed by atoms with Gasteiger partial charge in [0.2, 0.25) is 0 Å². The molecule has 1 aliphatic rings. The molecule has 210 valence electrons. The molecule has 40 heavy (non-hydrogen) atoms. The predicted molar refractivity (Wildman–Crippen MR) is 140 cm³/mol. The normalized spacial score (nSPS) is 18.8. The highest BCUT2D eigenvalue weighted by atomic mass is 35.5. The van der Waals surface area contributed by atoms with Crippen LogP contribution in [0.2, 0.25) is 5.02 Å². The molecule has 0 saturated carbocycles. The molecule has 2 aromatic carbocycles. The van der Waals surface area contributed by atoms with Gasteiger partial charge in [-0.05, 0) is 43.0 Å². The average Bonchev–Trinajstić information content (AvgIpc) is 3.24. The van der Waals surface area contributed by atoms with Crippen LogP contribution < -0.4 is 11.4 Å². The molecular formula is C26H23ClF3N5O5. The quantitative estimate of drug-likeness (QED) is 0.249. The second-order valence-electron chi connectivity index (χ2n) is 9.74. The number of hydrogen-bond donors (Lipinski definition) is 4. The van der Waals surface area contributed by atoms with Gasteiger partial charge in [0.05, 0.1) is 51.0 Å². The average molecular weight is 578 g/mol. The summed E-state index contributed by atoms with van der Waals surface area (Å²) < 4.78 is 42.0. The first-order valence-electron chi connectivity index (χ1n) is 12.2. The van der Waals surface area contributed by atoms with Gasteiger partial charge in [-0.25, -0.2) is 9.59 Å². The zero-order chi connectivity index (χ0) is 28.9. The monoisotopic (exact) mass is 577 g/mol. The Hall–Kier alpha value is -4.26. The minimum Gasteiger partial charge on any atom is -0.481 e. The fourth-order valence-corrected chi connectivity index (χ4v) is 5.83. The van der Waals surface area contributed by atoms with Crippen LogP contribution in [0.25, 0.3) is 21.9 Å². The number of nitrogens with two attached hydrogens (primary N) is 1. The fourth-order valence-electron chi connectivity index (χ4n) is 5.58. The number of para-hydroxylation sites is 1. The molecule has 0 aliphatic carbocycles. The maximum Gasteiger partial charge on any atom is 0.418 e. The number of aliphatic carboxylic acids is 1. The highest BCUT2D eigenvalue weighted by molar-refractivity contribution is 6.33. The number of fused-ring (bicyclic) bond motifs is 3. The minimum absolute atomic E-state index is 0.0636. The highest BCUT2D eigenvalue weighted by Gasteiger charge is 2.42. The molecule has 0 spiro atoms. The Bertz CT molecular complexity index is 1700. The SMILES string of the molecule is Nc1c(Cl)cc(CC(C(=O)O)[C@H]2CC(n3c(=O)[nH]c4c5ccccc5ncc43)CCN2C(=O)O)cc1C(F)(F)F. The van der Waals surface area contributed by atoms with Crippen LogP contribution in [0.4, 0.5) is 23.7 Å². The molecule has 14 heteroatoms. The summed E-state index contributed by atoms with van der Waals surface area (Å²) in [5.41, 5.74) is 4.76. The number of aromatic amines is 1. The smallest absolute Gasteiger partial charge is 0.418 e. The highest BCUT2D eigenvalue weighted by Crippen LogP contribution is 2.39. The number of halogens is 4. The summed E-state index contributed by atoms with van der Waals surface area (Å²) >= 11 is 5.93. The number of piperidine rings is 1. The van der Waals surface area contributed by atoms with Crippen molar-refractivity contribution in [3.05, 3.63) is 69.2 Å². The maximum absolute atomic E-state index is 13.5. The van der Waals surface area contributed by atoms with Crippen molar-refractivity contribution in [2.24, 2.45) is 5.92 Å². The van der Waals surface area contributed by atoms with E-state index in [9.17, 15) is 37.8 Å². The van der Waals surface area contributed by atoms with E-state index < -0.39 is 64.6 Å². The summed E-state index contributed by atoms with van der Waals surface area (Å²) in [4.78, 5) is 45.9. The lowest BCUT2D eigenvalue weighted by molar-refractivity contribution is -0.144. The van der Waals surface area contributed by atoms with E-state index in [4.69, 9.17) is 17.3 Å². The lowest BCUT2D eigenvalue weighted by atomic mass is 9.83. The number of pyridine rings is 1. The van der Waals surface area contributed by atoms with Gasteiger partial charge >= 0.3 is 23.9 Å². The van der Waals surface area contributed by atoms with E-state index >= 15 is 0 Å². The number of rotatable bonds is 5. The van der Waals surface area contributed by atoms with Crippen molar-refractivity contribution in [3.8, 4) is 0 Å². The summed E-state index contributed by atoms with van der Waals surface area (Å²) in [6.45, 7) is -0.0924. The molecule has 1 fully saturated rings. The summed E-state index contributed by atoms with van der Waals surface area (Å²) in [7, 11) is 0. The molecule has 2 unspecified atom stereocenters. The van der Waals surface area contributed by atoms with Crippen molar-refractivity contribution in [3.63, 3.8) is 0 Å². The Labute approximate surface area is 228 Å². The Morgan fingerprint density at radius 2 is 1.95 bits per heavy atom. The number of benzene rings is 2. The topological polar surface area (TPSA) is 155 Å².